The molecule has 0 aromatic carbocycles. The molecule has 0 heterocycles. The zero-order valence-electron chi connectivity index (χ0n) is 5.03. The standard InChI is InChI=1S/C4H7NO4.Cr/c6-3(7)1-5-2-4(8)9;/h5H,1-2H2,(H,6,7)(H,8,9);. The number of hydrogen-bond donors (Lipinski definition) is 3. The maximum Gasteiger partial charge on any atom is 0.317 e. The third-order valence-corrected chi connectivity index (χ3v) is 0.552. The van der Waals surface area contributed by atoms with Crippen molar-refractivity contribution in [1.29, 1.82) is 0 Å². The Morgan fingerprint density at radius 2 is 1.40 bits per heavy atom. The molecule has 5 nitrogen and oxygen atoms in total. The van der Waals surface area contributed by atoms with Gasteiger partial charge in [0.2, 0.25) is 0 Å². The van der Waals surface area contributed by atoms with E-state index in [0.29, 0.717) is 0 Å². The molecular formula is C4H7CrNO4. The van der Waals surface area contributed by atoms with Crippen LogP contribution in [0.1, 0.15) is 0 Å². The molecular weight excluding hydrogens is 178 g/mol. The van der Waals surface area contributed by atoms with Gasteiger partial charge >= 0.3 is 11.9 Å². The van der Waals surface area contributed by atoms with Crippen LogP contribution < -0.4 is 5.32 Å². The molecule has 0 aliphatic heterocycles. The van der Waals surface area contributed by atoms with Gasteiger partial charge in [-0.25, -0.2) is 0 Å². The second-order valence-corrected chi connectivity index (χ2v) is 1.39. The van der Waals surface area contributed by atoms with E-state index < -0.39 is 11.9 Å². The number of carboxylic acids is 2. The fourth-order valence-corrected chi connectivity index (χ4v) is 0.276. The number of carbonyl (C=O) groups is 2. The fourth-order valence-electron chi connectivity index (χ4n) is 0.276. The van der Waals surface area contributed by atoms with Crippen molar-refractivity contribution >= 4 is 11.9 Å². The first-order valence-corrected chi connectivity index (χ1v) is 2.27. The second-order valence-electron chi connectivity index (χ2n) is 1.39. The largest absolute Gasteiger partial charge is 0.480 e. The van der Waals surface area contributed by atoms with Gasteiger partial charge in [-0.15, -0.1) is 0 Å². The molecule has 0 atom stereocenters. The molecule has 0 aromatic rings. The first kappa shape index (κ1) is 12.1. The topological polar surface area (TPSA) is 86.6 Å². The summed E-state index contributed by atoms with van der Waals surface area (Å²) in [6, 6.07) is 0. The summed E-state index contributed by atoms with van der Waals surface area (Å²) in [6.07, 6.45) is 0. The molecule has 0 aromatic heterocycles. The minimum Gasteiger partial charge on any atom is -0.480 e. The van der Waals surface area contributed by atoms with E-state index in [4.69, 9.17) is 10.2 Å². The van der Waals surface area contributed by atoms with Crippen molar-refractivity contribution in [3.05, 3.63) is 0 Å². The summed E-state index contributed by atoms with van der Waals surface area (Å²) in [6.45, 7) is -0.626. The molecule has 0 amide bonds. The van der Waals surface area contributed by atoms with Gasteiger partial charge in [-0.2, -0.15) is 0 Å². The van der Waals surface area contributed by atoms with Crippen LogP contribution in [0.4, 0.5) is 0 Å². The van der Waals surface area contributed by atoms with Gasteiger partial charge in [-0.3, -0.25) is 14.9 Å². The summed E-state index contributed by atoms with van der Waals surface area (Å²) in [7, 11) is 0. The predicted octanol–water partition coefficient (Wildman–Crippen LogP) is -1.26. The predicted molar refractivity (Wildman–Crippen MR) is 28.1 cm³/mol. The van der Waals surface area contributed by atoms with E-state index in [1.165, 1.54) is 0 Å². The van der Waals surface area contributed by atoms with Crippen LogP contribution in [0.2, 0.25) is 0 Å². The Balaban J connectivity index is 0. The van der Waals surface area contributed by atoms with E-state index in [2.05, 4.69) is 5.32 Å². The SMILES string of the molecule is O=C(O)CNCC(=O)O.[Cr]. The first-order valence-electron chi connectivity index (χ1n) is 2.27. The van der Waals surface area contributed by atoms with Gasteiger partial charge in [-0.05, 0) is 0 Å². The monoisotopic (exact) mass is 185 g/mol. The van der Waals surface area contributed by atoms with Crippen molar-refractivity contribution in [2.45, 2.75) is 0 Å². The minimum absolute atomic E-state index is 0. The number of rotatable bonds is 4. The fraction of sp³-hybridized carbons (Fsp3) is 0.500. The molecule has 6 heteroatoms. The van der Waals surface area contributed by atoms with Gasteiger partial charge in [0, 0.05) is 17.4 Å². The van der Waals surface area contributed by atoms with Crippen LogP contribution in [-0.2, 0) is 27.0 Å². The smallest absolute Gasteiger partial charge is 0.317 e. The van der Waals surface area contributed by atoms with Crippen LogP contribution in [0.5, 0.6) is 0 Å². The van der Waals surface area contributed by atoms with Gasteiger partial charge in [0.1, 0.15) is 0 Å². The molecule has 0 saturated carbocycles. The van der Waals surface area contributed by atoms with E-state index in [0.717, 1.165) is 0 Å². The molecule has 0 saturated heterocycles. The maximum atomic E-state index is 9.73. The molecule has 0 bridgehead atoms. The van der Waals surface area contributed by atoms with E-state index >= 15 is 0 Å². The van der Waals surface area contributed by atoms with Gasteiger partial charge in [0.25, 0.3) is 0 Å². The van der Waals surface area contributed by atoms with E-state index in [1.807, 2.05) is 0 Å². The third kappa shape index (κ3) is 10.4. The maximum absolute atomic E-state index is 9.73. The average Bonchev–Trinajstić information content (AvgIpc) is 1.63. The Morgan fingerprint density at radius 1 is 1.10 bits per heavy atom. The van der Waals surface area contributed by atoms with E-state index in [1.54, 1.807) is 0 Å². The summed E-state index contributed by atoms with van der Waals surface area (Å²) in [4.78, 5) is 19.5. The van der Waals surface area contributed by atoms with Crippen molar-refractivity contribution in [3.63, 3.8) is 0 Å². The summed E-state index contributed by atoms with van der Waals surface area (Å²) in [5.74, 6) is -2.12. The average molecular weight is 185 g/mol. The Hall–Kier alpha value is -0.568. The van der Waals surface area contributed by atoms with Crippen molar-refractivity contribution in [1.82, 2.24) is 5.32 Å². The van der Waals surface area contributed by atoms with E-state index in [-0.39, 0.29) is 30.5 Å². The van der Waals surface area contributed by atoms with E-state index in [9.17, 15) is 9.59 Å². The Kier molecular flexibility index (Phi) is 7.95. The van der Waals surface area contributed by atoms with Gasteiger partial charge in [0.05, 0.1) is 13.1 Å². The zero-order chi connectivity index (χ0) is 7.28. The molecule has 58 valence electrons. The van der Waals surface area contributed by atoms with Crippen LogP contribution in [0.25, 0.3) is 0 Å². The number of hydrogen-bond acceptors (Lipinski definition) is 3. The molecule has 0 rings (SSSR count). The molecule has 3 N–H and O–H groups in total. The zero-order valence-corrected chi connectivity index (χ0v) is 6.31. The van der Waals surface area contributed by atoms with Crippen LogP contribution in [0, 0.1) is 0 Å². The molecule has 0 aliphatic rings. The van der Waals surface area contributed by atoms with Crippen LogP contribution in [0.15, 0.2) is 0 Å². The quantitative estimate of drug-likeness (QED) is 0.509. The van der Waals surface area contributed by atoms with Crippen molar-refractivity contribution in [2.75, 3.05) is 13.1 Å². The van der Waals surface area contributed by atoms with Gasteiger partial charge < -0.3 is 10.2 Å². The normalized spacial score (nSPS) is 8.00. The second kappa shape index (κ2) is 6.55. The Morgan fingerprint density at radius 3 is 1.60 bits per heavy atom. The molecule has 0 fully saturated rings. The number of carboxylic acid groups (broad SMARTS) is 2. The number of nitrogens with one attached hydrogen (secondary N) is 1. The minimum atomic E-state index is -1.06. The van der Waals surface area contributed by atoms with Crippen LogP contribution in [-0.4, -0.2) is 35.2 Å². The molecule has 0 radical (unpaired) electrons. The van der Waals surface area contributed by atoms with Crippen molar-refractivity contribution in [2.24, 2.45) is 0 Å². The Labute approximate surface area is 68.2 Å². The summed E-state index contributed by atoms with van der Waals surface area (Å²) < 4.78 is 0. The van der Waals surface area contributed by atoms with Crippen LogP contribution in [0.3, 0.4) is 0 Å². The van der Waals surface area contributed by atoms with Gasteiger partial charge in [-0.1, -0.05) is 0 Å². The van der Waals surface area contributed by atoms with Crippen molar-refractivity contribution < 1.29 is 37.2 Å². The Bertz CT molecular complexity index is 112. The number of aliphatic carboxylic acids is 2. The molecule has 0 unspecified atom stereocenters. The first-order chi connectivity index (χ1) is 4.13. The molecule has 0 spiro atoms. The summed E-state index contributed by atoms with van der Waals surface area (Å²) in [5, 5.41) is 18.1. The van der Waals surface area contributed by atoms with Crippen molar-refractivity contribution in [3.8, 4) is 0 Å². The van der Waals surface area contributed by atoms with Crippen LogP contribution >= 0.6 is 0 Å². The molecule has 0 aliphatic carbocycles. The van der Waals surface area contributed by atoms with Gasteiger partial charge in [0.15, 0.2) is 0 Å². The summed E-state index contributed by atoms with van der Waals surface area (Å²) in [5.41, 5.74) is 0. The summed E-state index contributed by atoms with van der Waals surface area (Å²) >= 11 is 0. The third-order valence-electron chi connectivity index (χ3n) is 0.552. The molecule has 10 heavy (non-hydrogen) atoms.